The third-order valence-electron chi connectivity index (χ3n) is 5.18. The van der Waals surface area contributed by atoms with E-state index in [0.717, 1.165) is 38.4 Å². The lowest BCUT2D eigenvalue weighted by molar-refractivity contribution is 0.456. The highest BCUT2D eigenvalue weighted by Crippen LogP contribution is 2.34. The van der Waals surface area contributed by atoms with Crippen molar-refractivity contribution >= 4 is 17.9 Å². The molecule has 0 aliphatic carbocycles. The molecule has 0 radical (unpaired) electrons. The molecule has 0 aliphatic rings. The highest BCUT2D eigenvalue weighted by atomic mass is 32.2. The lowest BCUT2D eigenvalue weighted by Gasteiger charge is -2.15. The quantitative estimate of drug-likeness (QED) is 0.362. The monoisotopic (exact) mass is 456 g/mol. The number of anilines is 1. The van der Waals surface area contributed by atoms with Crippen LogP contribution in [0.15, 0.2) is 53.7 Å². The van der Waals surface area contributed by atoms with E-state index in [4.69, 9.17) is 9.72 Å². The zero-order valence-corrected chi connectivity index (χ0v) is 20.0. The summed E-state index contributed by atoms with van der Waals surface area (Å²) in [5.74, 6) is 1.54. The van der Waals surface area contributed by atoms with Gasteiger partial charge in [-0.2, -0.15) is 15.3 Å². The van der Waals surface area contributed by atoms with Crippen molar-refractivity contribution in [3.63, 3.8) is 0 Å². The molecule has 0 spiro atoms. The van der Waals surface area contributed by atoms with E-state index in [1.54, 1.807) is 10.9 Å². The van der Waals surface area contributed by atoms with Gasteiger partial charge in [0.25, 0.3) is 0 Å². The topological polar surface area (TPSA) is 88.6 Å². The Labute approximate surface area is 197 Å². The first-order valence-electron chi connectivity index (χ1n) is 10.4. The van der Waals surface area contributed by atoms with Crippen LogP contribution in [0.1, 0.15) is 27.8 Å². The number of nitrogens with one attached hydrogen (secondary N) is 1. The Balaban J connectivity index is 1.75. The number of rotatable bonds is 6. The molecule has 2 aromatic heterocycles. The summed E-state index contributed by atoms with van der Waals surface area (Å²) in [6.07, 6.45) is 3.68. The third-order valence-corrected chi connectivity index (χ3v) is 5.91. The molecule has 166 valence electrons. The van der Waals surface area contributed by atoms with E-state index in [0.29, 0.717) is 23.1 Å². The molecule has 0 atom stereocenters. The van der Waals surface area contributed by atoms with Crippen LogP contribution < -0.4 is 9.46 Å². The molecule has 1 N–H and O–H groups in total. The van der Waals surface area contributed by atoms with Gasteiger partial charge < -0.3 is 4.74 Å². The lowest BCUT2D eigenvalue weighted by atomic mass is 10.00. The SMILES string of the molecule is Cc1cc(C#N)cc(C)c1Oc1cc(-c2c(C)cccc2C)nc(NSc2cnn(C)c2)n1. The van der Waals surface area contributed by atoms with Crippen LogP contribution in [0.25, 0.3) is 11.3 Å². The van der Waals surface area contributed by atoms with Crippen LogP contribution in [0.2, 0.25) is 0 Å². The molecule has 7 nitrogen and oxygen atoms in total. The van der Waals surface area contributed by atoms with Gasteiger partial charge in [0, 0.05) is 24.9 Å². The van der Waals surface area contributed by atoms with E-state index in [9.17, 15) is 5.26 Å². The molecule has 0 saturated heterocycles. The summed E-state index contributed by atoms with van der Waals surface area (Å²) in [4.78, 5) is 10.3. The summed E-state index contributed by atoms with van der Waals surface area (Å²) >= 11 is 1.38. The smallest absolute Gasteiger partial charge is 0.237 e. The summed E-state index contributed by atoms with van der Waals surface area (Å²) in [7, 11) is 1.87. The number of nitrogens with zero attached hydrogens (tertiary/aromatic N) is 5. The molecule has 0 amide bonds. The first kappa shape index (κ1) is 22.4. The highest BCUT2D eigenvalue weighted by Gasteiger charge is 2.15. The predicted octanol–water partition coefficient (Wildman–Crippen LogP) is 5.89. The maximum Gasteiger partial charge on any atom is 0.237 e. The molecule has 8 heteroatoms. The number of nitriles is 1. The average molecular weight is 457 g/mol. The van der Waals surface area contributed by atoms with Crippen molar-refractivity contribution in [2.24, 2.45) is 7.05 Å². The van der Waals surface area contributed by atoms with Crippen LogP contribution in [0, 0.1) is 39.0 Å². The standard InChI is InChI=1S/C25H24N6OS/c1-15-7-6-8-16(2)23(15)21-11-22(32-24-17(3)9-19(12-26)10-18(24)4)29-25(28-21)30-33-20-13-27-31(5)14-20/h6-11,13-14H,1-5H3,(H,28,29,30). The number of hydrogen-bond acceptors (Lipinski definition) is 7. The molecule has 0 aliphatic heterocycles. The summed E-state index contributed by atoms with van der Waals surface area (Å²) in [6.45, 7) is 7.98. The second-order valence-corrected chi connectivity index (χ2v) is 8.77. The molecule has 2 heterocycles. The van der Waals surface area contributed by atoms with Crippen molar-refractivity contribution in [3.05, 3.63) is 76.6 Å². The number of aromatic nitrogens is 4. The number of aryl methyl sites for hydroxylation is 5. The normalized spacial score (nSPS) is 10.7. The maximum absolute atomic E-state index is 9.24. The van der Waals surface area contributed by atoms with Crippen LogP contribution in [0.4, 0.5) is 5.95 Å². The molecule has 4 aromatic rings. The van der Waals surface area contributed by atoms with Crippen LogP contribution >= 0.6 is 11.9 Å². The minimum absolute atomic E-state index is 0.424. The van der Waals surface area contributed by atoms with Crippen LogP contribution in [0.3, 0.4) is 0 Å². The average Bonchev–Trinajstić information content (AvgIpc) is 3.19. The van der Waals surface area contributed by atoms with Crippen molar-refractivity contribution in [2.45, 2.75) is 32.6 Å². The van der Waals surface area contributed by atoms with Gasteiger partial charge in [0.1, 0.15) is 5.75 Å². The van der Waals surface area contributed by atoms with Gasteiger partial charge in [-0.15, -0.1) is 0 Å². The number of ether oxygens (including phenoxy) is 1. The van der Waals surface area contributed by atoms with Crippen molar-refractivity contribution < 1.29 is 4.74 Å². The van der Waals surface area contributed by atoms with Crippen molar-refractivity contribution in [2.75, 3.05) is 4.72 Å². The minimum atomic E-state index is 0.424. The van der Waals surface area contributed by atoms with E-state index in [1.807, 2.05) is 51.4 Å². The first-order chi connectivity index (χ1) is 15.8. The van der Waals surface area contributed by atoms with Gasteiger partial charge >= 0.3 is 0 Å². The van der Waals surface area contributed by atoms with Gasteiger partial charge in [-0.3, -0.25) is 9.40 Å². The molecule has 2 aromatic carbocycles. The van der Waals surface area contributed by atoms with Crippen LogP contribution in [-0.4, -0.2) is 19.7 Å². The van der Waals surface area contributed by atoms with E-state index in [1.165, 1.54) is 11.9 Å². The largest absolute Gasteiger partial charge is 0.438 e. The van der Waals surface area contributed by atoms with Gasteiger partial charge in [-0.25, -0.2) is 4.98 Å². The molecule has 33 heavy (non-hydrogen) atoms. The van der Waals surface area contributed by atoms with Crippen LogP contribution in [-0.2, 0) is 7.05 Å². The maximum atomic E-state index is 9.24. The van der Waals surface area contributed by atoms with E-state index in [-0.39, 0.29) is 0 Å². The summed E-state index contributed by atoms with van der Waals surface area (Å²) in [6, 6.07) is 13.8. The van der Waals surface area contributed by atoms with Gasteiger partial charge in [0.15, 0.2) is 0 Å². The van der Waals surface area contributed by atoms with Gasteiger partial charge in [-0.1, -0.05) is 18.2 Å². The molecular weight excluding hydrogens is 432 g/mol. The Hall–Kier alpha value is -3.83. The highest BCUT2D eigenvalue weighted by molar-refractivity contribution is 8.00. The predicted molar refractivity (Wildman–Crippen MR) is 130 cm³/mol. The fraction of sp³-hybridized carbons (Fsp3) is 0.200. The Bertz CT molecular complexity index is 1330. The lowest BCUT2D eigenvalue weighted by Crippen LogP contribution is -2.02. The molecule has 0 fully saturated rings. The minimum Gasteiger partial charge on any atom is -0.438 e. The second kappa shape index (κ2) is 9.35. The van der Waals surface area contributed by atoms with Crippen molar-refractivity contribution in [1.29, 1.82) is 5.26 Å². The first-order valence-corrected chi connectivity index (χ1v) is 11.2. The molecule has 0 saturated carbocycles. The third kappa shape index (κ3) is 4.99. The van der Waals surface area contributed by atoms with Crippen LogP contribution in [0.5, 0.6) is 11.6 Å². The van der Waals surface area contributed by atoms with Gasteiger partial charge in [0.2, 0.25) is 11.8 Å². The van der Waals surface area contributed by atoms with E-state index in [2.05, 4.69) is 46.9 Å². The summed E-state index contributed by atoms with van der Waals surface area (Å²) in [5, 5.41) is 13.4. The second-order valence-electron chi connectivity index (χ2n) is 7.89. The fourth-order valence-corrected chi connectivity index (χ4v) is 4.31. The van der Waals surface area contributed by atoms with Gasteiger partial charge in [-0.05, 0) is 74.0 Å². The Morgan fingerprint density at radius 3 is 2.30 bits per heavy atom. The van der Waals surface area contributed by atoms with Gasteiger partial charge in [0.05, 0.1) is 28.4 Å². The Kier molecular flexibility index (Phi) is 6.33. The summed E-state index contributed by atoms with van der Waals surface area (Å²) < 4.78 is 11.2. The molecule has 4 rings (SSSR count). The molecule has 0 unspecified atom stereocenters. The number of hydrogen-bond donors (Lipinski definition) is 1. The Morgan fingerprint density at radius 2 is 1.70 bits per heavy atom. The zero-order chi connectivity index (χ0) is 23.5. The van der Waals surface area contributed by atoms with Crippen molar-refractivity contribution in [3.8, 4) is 29.0 Å². The Morgan fingerprint density at radius 1 is 1.00 bits per heavy atom. The van der Waals surface area contributed by atoms with E-state index < -0.39 is 0 Å². The molecule has 0 bridgehead atoms. The van der Waals surface area contributed by atoms with E-state index >= 15 is 0 Å². The summed E-state index contributed by atoms with van der Waals surface area (Å²) in [5.41, 5.74) is 6.41. The van der Waals surface area contributed by atoms with Crippen molar-refractivity contribution in [1.82, 2.24) is 19.7 Å². The number of benzene rings is 2. The molecular formula is C25H24N6OS. The fourth-order valence-electron chi connectivity index (χ4n) is 3.71. The zero-order valence-electron chi connectivity index (χ0n) is 19.2.